The highest BCUT2D eigenvalue weighted by atomic mass is 32.2. The molecular weight excluding hydrogens is 399 g/mol. The molecule has 0 saturated heterocycles. The third kappa shape index (κ3) is 7.17. The Bertz CT molecular complexity index is 841. The van der Waals surface area contributed by atoms with Crippen molar-refractivity contribution in [3.63, 3.8) is 0 Å². The van der Waals surface area contributed by atoms with Gasteiger partial charge in [0.05, 0.1) is 5.75 Å². The molecule has 0 radical (unpaired) electrons. The average Bonchev–Trinajstić information content (AvgIpc) is 2.73. The lowest BCUT2D eigenvalue weighted by Crippen LogP contribution is -2.50. The second kappa shape index (κ2) is 11.7. The Labute approximate surface area is 183 Å². The number of hydrogen-bond donors (Lipinski definition) is 1. The Hall–Kier alpha value is -2.34. The van der Waals surface area contributed by atoms with E-state index in [4.69, 9.17) is 0 Å². The van der Waals surface area contributed by atoms with Crippen LogP contribution < -0.4 is 5.32 Å². The van der Waals surface area contributed by atoms with Crippen LogP contribution in [0.3, 0.4) is 0 Å². The maximum Gasteiger partial charge on any atom is 0.242 e. The molecule has 1 N–H and O–H groups in total. The van der Waals surface area contributed by atoms with Crippen LogP contribution in [0.1, 0.15) is 43.9 Å². The van der Waals surface area contributed by atoms with Gasteiger partial charge in [0, 0.05) is 18.3 Å². The molecule has 0 aliphatic rings. The zero-order valence-corrected chi connectivity index (χ0v) is 19.0. The van der Waals surface area contributed by atoms with Crippen molar-refractivity contribution in [1.82, 2.24) is 10.2 Å². The number of rotatable bonds is 10. The van der Waals surface area contributed by atoms with Crippen LogP contribution in [0.5, 0.6) is 0 Å². The first kappa shape index (κ1) is 23.9. The molecule has 2 rings (SSSR count). The molecule has 6 heteroatoms. The van der Waals surface area contributed by atoms with Gasteiger partial charge in [-0.15, -0.1) is 11.8 Å². The molecule has 2 amide bonds. The second-order valence-electron chi connectivity index (χ2n) is 7.56. The molecule has 2 atom stereocenters. The van der Waals surface area contributed by atoms with Crippen LogP contribution in [0.4, 0.5) is 4.39 Å². The Morgan fingerprint density at radius 2 is 1.77 bits per heavy atom. The highest BCUT2D eigenvalue weighted by Gasteiger charge is 2.27. The van der Waals surface area contributed by atoms with Crippen molar-refractivity contribution in [3.05, 3.63) is 71.0 Å². The van der Waals surface area contributed by atoms with Crippen molar-refractivity contribution < 1.29 is 14.0 Å². The number of halogens is 1. The largest absolute Gasteiger partial charge is 0.352 e. The molecule has 0 heterocycles. The van der Waals surface area contributed by atoms with Crippen molar-refractivity contribution in [2.45, 2.75) is 58.5 Å². The second-order valence-corrected chi connectivity index (χ2v) is 8.55. The minimum Gasteiger partial charge on any atom is -0.352 e. The smallest absolute Gasteiger partial charge is 0.242 e. The Morgan fingerprint density at radius 3 is 2.40 bits per heavy atom. The van der Waals surface area contributed by atoms with Gasteiger partial charge in [0.25, 0.3) is 0 Å². The molecule has 0 aromatic heterocycles. The van der Waals surface area contributed by atoms with Gasteiger partial charge in [-0.2, -0.15) is 0 Å². The van der Waals surface area contributed by atoms with Gasteiger partial charge in [-0.3, -0.25) is 9.59 Å². The van der Waals surface area contributed by atoms with Crippen LogP contribution in [0.2, 0.25) is 0 Å². The van der Waals surface area contributed by atoms with E-state index in [-0.39, 0.29) is 29.4 Å². The number of thioether (sulfide) groups is 1. The molecule has 4 nitrogen and oxygen atoms in total. The molecule has 0 spiro atoms. The van der Waals surface area contributed by atoms with E-state index < -0.39 is 6.04 Å². The fraction of sp³-hybridized carbons (Fsp3) is 0.417. The summed E-state index contributed by atoms with van der Waals surface area (Å²) in [5.41, 5.74) is 3.07. The van der Waals surface area contributed by atoms with Gasteiger partial charge in [0.15, 0.2) is 0 Å². The molecule has 0 unspecified atom stereocenters. The van der Waals surface area contributed by atoms with Crippen LogP contribution in [0, 0.1) is 12.7 Å². The fourth-order valence-electron chi connectivity index (χ4n) is 2.94. The lowest BCUT2D eigenvalue weighted by molar-refractivity contribution is -0.138. The summed E-state index contributed by atoms with van der Waals surface area (Å²) >= 11 is 1.47. The van der Waals surface area contributed by atoms with E-state index in [1.807, 2.05) is 45.0 Å². The molecule has 2 aromatic carbocycles. The van der Waals surface area contributed by atoms with Crippen molar-refractivity contribution in [3.8, 4) is 0 Å². The van der Waals surface area contributed by atoms with Crippen molar-refractivity contribution >= 4 is 23.6 Å². The Balaban J connectivity index is 2.08. The van der Waals surface area contributed by atoms with Crippen LogP contribution >= 0.6 is 11.8 Å². The van der Waals surface area contributed by atoms with E-state index in [9.17, 15) is 14.0 Å². The van der Waals surface area contributed by atoms with Crippen LogP contribution in [-0.2, 0) is 21.9 Å². The van der Waals surface area contributed by atoms with Crippen molar-refractivity contribution in [2.24, 2.45) is 0 Å². The summed E-state index contributed by atoms with van der Waals surface area (Å²) in [6.45, 7) is 8.13. The molecular formula is C24H31FN2O2S. The van der Waals surface area contributed by atoms with Crippen molar-refractivity contribution in [1.29, 1.82) is 0 Å². The lowest BCUT2D eigenvalue weighted by atomic mass is 10.1. The van der Waals surface area contributed by atoms with Crippen LogP contribution in [-0.4, -0.2) is 34.6 Å². The summed E-state index contributed by atoms with van der Waals surface area (Å²) < 4.78 is 13.1. The highest BCUT2D eigenvalue weighted by molar-refractivity contribution is 7.99. The van der Waals surface area contributed by atoms with Crippen LogP contribution in [0.25, 0.3) is 0 Å². The van der Waals surface area contributed by atoms with E-state index in [1.165, 1.54) is 23.9 Å². The molecule has 0 fully saturated rings. The summed E-state index contributed by atoms with van der Waals surface area (Å²) in [5, 5.41) is 2.98. The molecule has 0 bridgehead atoms. The molecule has 0 saturated carbocycles. The van der Waals surface area contributed by atoms with Gasteiger partial charge in [0.1, 0.15) is 11.9 Å². The van der Waals surface area contributed by atoms with E-state index in [1.54, 1.807) is 24.0 Å². The number of aryl methyl sites for hydroxylation is 1. The van der Waals surface area contributed by atoms with Gasteiger partial charge in [-0.05, 0) is 56.0 Å². The zero-order chi connectivity index (χ0) is 22.1. The van der Waals surface area contributed by atoms with Gasteiger partial charge in [-0.1, -0.05) is 43.3 Å². The van der Waals surface area contributed by atoms with Gasteiger partial charge < -0.3 is 10.2 Å². The third-order valence-corrected chi connectivity index (χ3v) is 6.17. The quantitative estimate of drug-likeness (QED) is 0.594. The molecule has 2 aromatic rings. The monoisotopic (exact) mass is 430 g/mol. The zero-order valence-electron chi connectivity index (χ0n) is 18.2. The average molecular weight is 431 g/mol. The maximum absolute atomic E-state index is 13.1. The maximum atomic E-state index is 13.1. The minimum atomic E-state index is -0.572. The number of nitrogens with one attached hydrogen (secondary N) is 1. The number of hydrogen-bond acceptors (Lipinski definition) is 3. The van der Waals surface area contributed by atoms with Gasteiger partial charge >= 0.3 is 0 Å². The first-order valence-electron chi connectivity index (χ1n) is 10.3. The van der Waals surface area contributed by atoms with Gasteiger partial charge in [-0.25, -0.2) is 4.39 Å². The standard InChI is InChI=1S/C24H31FN2O2S/c1-5-18(3)26-24(29)19(4)27(14-21-9-7-6-8-17(21)2)23(28)16-30-15-20-10-12-22(25)13-11-20/h6-13,18-19H,5,14-16H2,1-4H3,(H,26,29)/t18-,19-/m0/s1. The summed E-state index contributed by atoms with van der Waals surface area (Å²) in [5.74, 6) is 0.361. The number of carbonyl (C=O) groups is 2. The topological polar surface area (TPSA) is 49.4 Å². The number of carbonyl (C=O) groups excluding carboxylic acids is 2. The van der Waals surface area contributed by atoms with E-state index in [0.29, 0.717) is 12.3 Å². The normalized spacial score (nSPS) is 12.8. The van der Waals surface area contributed by atoms with Crippen molar-refractivity contribution in [2.75, 3.05) is 5.75 Å². The van der Waals surface area contributed by atoms with Gasteiger partial charge in [0.2, 0.25) is 11.8 Å². The van der Waals surface area contributed by atoms with E-state index in [2.05, 4.69) is 5.32 Å². The Morgan fingerprint density at radius 1 is 1.10 bits per heavy atom. The molecule has 30 heavy (non-hydrogen) atoms. The number of benzene rings is 2. The predicted molar refractivity (Wildman–Crippen MR) is 122 cm³/mol. The van der Waals surface area contributed by atoms with E-state index in [0.717, 1.165) is 23.1 Å². The lowest BCUT2D eigenvalue weighted by Gasteiger charge is -2.30. The summed E-state index contributed by atoms with van der Waals surface area (Å²) in [6.07, 6.45) is 0.831. The summed E-state index contributed by atoms with van der Waals surface area (Å²) in [4.78, 5) is 27.4. The van der Waals surface area contributed by atoms with E-state index >= 15 is 0 Å². The molecule has 162 valence electrons. The fourth-order valence-corrected chi connectivity index (χ4v) is 3.81. The third-order valence-electron chi connectivity index (χ3n) is 5.18. The first-order chi connectivity index (χ1) is 14.3. The molecule has 0 aliphatic carbocycles. The summed E-state index contributed by atoms with van der Waals surface area (Å²) in [6, 6.07) is 13.7. The Kier molecular flexibility index (Phi) is 9.37. The SMILES string of the molecule is CC[C@H](C)NC(=O)[C@H](C)N(Cc1ccccc1C)C(=O)CSCc1ccc(F)cc1. The minimum absolute atomic E-state index is 0.0585. The first-order valence-corrected chi connectivity index (χ1v) is 11.4. The number of amides is 2. The number of nitrogens with zero attached hydrogens (tertiary/aromatic N) is 1. The van der Waals surface area contributed by atoms with Crippen LogP contribution in [0.15, 0.2) is 48.5 Å². The molecule has 0 aliphatic heterocycles. The highest BCUT2D eigenvalue weighted by Crippen LogP contribution is 2.18. The summed E-state index contributed by atoms with van der Waals surface area (Å²) in [7, 11) is 0. The predicted octanol–water partition coefficient (Wildman–Crippen LogP) is 4.70.